The van der Waals surface area contributed by atoms with Crippen molar-refractivity contribution in [2.45, 2.75) is 44.8 Å². The molecule has 0 radical (unpaired) electrons. The molecule has 0 aromatic heterocycles. The summed E-state index contributed by atoms with van der Waals surface area (Å²) in [5.74, 6) is 11.8. The van der Waals surface area contributed by atoms with Crippen LogP contribution >= 0.6 is 0 Å². The van der Waals surface area contributed by atoms with Gasteiger partial charge >= 0.3 is 0 Å². The Morgan fingerprint density at radius 2 is 2.38 bits per heavy atom. The van der Waals surface area contributed by atoms with E-state index in [4.69, 9.17) is 11.7 Å². The predicted octanol–water partition coefficient (Wildman–Crippen LogP) is 1.79. The van der Waals surface area contributed by atoms with Crippen molar-refractivity contribution in [2.24, 2.45) is 16.7 Å². The minimum Gasteiger partial charge on any atom is -0.294 e. The minimum absolute atomic E-state index is 0.0220. The smallest absolute Gasteiger partial charge is 0.228 e. The van der Waals surface area contributed by atoms with Gasteiger partial charge in [-0.25, -0.2) is 21.1 Å². The lowest BCUT2D eigenvalue weighted by Crippen LogP contribution is -2.57. The number of rotatable bonds is 6. The number of hydrogen-bond donors (Lipinski definition) is 3. The standard InChI is InChI=1S/C17H24FN5O/c1-3-4-5-6-14(24)15-11(2)21-17(22-19)23(20)16(15)12-7-9-13(18)10-8-12/h3,7-9,13,16H,1,4-6,10,19-20H2,2H3,(H,21,22). The van der Waals surface area contributed by atoms with Crippen LogP contribution in [0.2, 0.25) is 0 Å². The third-order valence-corrected chi connectivity index (χ3v) is 4.09. The molecule has 0 saturated heterocycles. The Hall–Kier alpha value is -2.25. The lowest BCUT2D eigenvalue weighted by atomic mass is 9.87. The van der Waals surface area contributed by atoms with Gasteiger partial charge in [0.1, 0.15) is 12.2 Å². The van der Waals surface area contributed by atoms with Crippen LogP contribution in [0.4, 0.5) is 4.39 Å². The number of halogens is 1. The molecule has 2 atom stereocenters. The number of alkyl halides is 1. The Labute approximate surface area is 141 Å². The van der Waals surface area contributed by atoms with Gasteiger partial charge in [0, 0.05) is 18.4 Å². The van der Waals surface area contributed by atoms with Gasteiger partial charge in [-0.05, 0) is 25.3 Å². The Morgan fingerprint density at radius 1 is 1.62 bits per heavy atom. The molecule has 1 aliphatic carbocycles. The second kappa shape index (κ2) is 8.03. The SMILES string of the molecule is C=CCCCC(=O)C1=C(C)N=C(NN)N(N)C1C1=CCC(F)C=C1. The van der Waals surface area contributed by atoms with E-state index in [-0.39, 0.29) is 18.2 Å². The molecule has 0 aromatic rings. The number of Topliss-reactive ketones (excluding diaryl/α,β-unsaturated/α-hetero) is 1. The molecule has 6 nitrogen and oxygen atoms in total. The van der Waals surface area contributed by atoms with Crippen molar-refractivity contribution in [2.75, 3.05) is 0 Å². The van der Waals surface area contributed by atoms with Gasteiger partial charge in [-0.2, -0.15) is 0 Å². The third-order valence-electron chi connectivity index (χ3n) is 4.09. The van der Waals surface area contributed by atoms with Crippen LogP contribution in [-0.4, -0.2) is 29.0 Å². The van der Waals surface area contributed by atoms with E-state index < -0.39 is 12.2 Å². The molecule has 1 aliphatic heterocycles. The molecule has 130 valence electrons. The van der Waals surface area contributed by atoms with Crippen LogP contribution in [0.15, 0.2) is 52.7 Å². The van der Waals surface area contributed by atoms with Gasteiger partial charge in [0.25, 0.3) is 0 Å². The first-order chi connectivity index (χ1) is 11.5. The molecule has 0 spiro atoms. The Kier molecular flexibility index (Phi) is 6.05. The molecule has 2 unspecified atom stereocenters. The molecule has 5 N–H and O–H groups in total. The number of hydrazine groups is 2. The highest BCUT2D eigenvalue weighted by Gasteiger charge is 2.35. The van der Waals surface area contributed by atoms with Crippen LogP contribution in [0.5, 0.6) is 0 Å². The number of carbonyl (C=O) groups excluding carboxylic acids is 1. The van der Waals surface area contributed by atoms with Crippen LogP contribution < -0.4 is 17.1 Å². The van der Waals surface area contributed by atoms with E-state index >= 15 is 0 Å². The highest BCUT2D eigenvalue weighted by atomic mass is 19.1. The van der Waals surface area contributed by atoms with Crippen molar-refractivity contribution in [3.63, 3.8) is 0 Å². The Morgan fingerprint density at radius 3 is 2.96 bits per heavy atom. The number of aliphatic imine (C=N–C) groups is 1. The second-order valence-corrected chi connectivity index (χ2v) is 5.81. The van der Waals surface area contributed by atoms with Crippen molar-refractivity contribution in [1.82, 2.24) is 10.4 Å². The summed E-state index contributed by atoms with van der Waals surface area (Å²) in [5.41, 5.74) is 4.29. The molecular formula is C17H24FN5O. The van der Waals surface area contributed by atoms with E-state index in [0.29, 0.717) is 24.1 Å². The van der Waals surface area contributed by atoms with Crippen LogP contribution in [0.3, 0.4) is 0 Å². The fourth-order valence-corrected chi connectivity index (χ4v) is 2.88. The molecule has 0 fully saturated rings. The summed E-state index contributed by atoms with van der Waals surface area (Å²) in [7, 11) is 0. The molecule has 24 heavy (non-hydrogen) atoms. The number of hydrogen-bond acceptors (Lipinski definition) is 6. The normalized spacial score (nSPS) is 23.8. The van der Waals surface area contributed by atoms with Crippen LogP contribution in [0.25, 0.3) is 0 Å². The number of allylic oxidation sites excluding steroid dienone is 4. The number of carbonyl (C=O) groups is 1. The maximum Gasteiger partial charge on any atom is 0.228 e. The van der Waals surface area contributed by atoms with Crippen molar-refractivity contribution in [3.8, 4) is 0 Å². The minimum atomic E-state index is -1.01. The van der Waals surface area contributed by atoms with Crippen molar-refractivity contribution in [1.29, 1.82) is 0 Å². The number of nitrogens with two attached hydrogens (primary N) is 2. The molecule has 2 rings (SSSR count). The lowest BCUT2D eigenvalue weighted by Gasteiger charge is -2.36. The van der Waals surface area contributed by atoms with E-state index in [0.717, 1.165) is 12.0 Å². The summed E-state index contributed by atoms with van der Waals surface area (Å²) in [6, 6.07) is -0.534. The van der Waals surface area contributed by atoms with E-state index in [2.05, 4.69) is 17.0 Å². The lowest BCUT2D eigenvalue weighted by molar-refractivity contribution is -0.116. The summed E-state index contributed by atoms with van der Waals surface area (Å²) in [4.78, 5) is 17.0. The molecule has 2 aliphatic rings. The molecule has 0 aromatic carbocycles. The first-order valence-corrected chi connectivity index (χ1v) is 7.96. The van der Waals surface area contributed by atoms with Crippen LogP contribution in [0.1, 0.15) is 32.6 Å². The summed E-state index contributed by atoms with van der Waals surface area (Å²) in [6.07, 6.45) is 7.79. The monoisotopic (exact) mass is 333 g/mol. The predicted molar refractivity (Wildman–Crippen MR) is 93.1 cm³/mol. The maximum absolute atomic E-state index is 13.4. The number of guanidine groups is 1. The van der Waals surface area contributed by atoms with E-state index in [9.17, 15) is 9.18 Å². The average Bonchev–Trinajstić information content (AvgIpc) is 2.57. The topological polar surface area (TPSA) is 96.7 Å². The largest absolute Gasteiger partial charge is 0.294 e. The molecule has 1 heterocycles. The number of nitrogens with one attached hydrogen (secondary N) is 1. The highest BCUT2D eigenvalue weighted by Crippen LogP contribution is 2.30. The molecular weight excluding hydrogens is 309 g/mol. The zero-order chi connectivity index (χ0) is 17.7. The number of nitrogens with zero attached hydrogens (tertiary/aromatic N) is 2. The quantitative estimate of drug-likeness (QED) is 0.298. The van der Waals surface area contributed by atoms with Crippen molar-refractivity contribution < 1.29 is 9.18 Å². The van der Waals surface area contributed by atoms with Crippen molar-refractivity contribution >= 4 is 11.7 Å². The van der Waals surface area contributed by atoms with Crippen molar-refractivity contribution in [3.05, 3.63) is 47.7 Å². The molecule has 0 bridgehead atoms. The summed E-state index contributed by atoms with van der Waals surface area (Å²) < 4.78 is 13.4. The van der Waals surface area contributed by atoms with E-state index in [1.54, 1.807) is 25.2 Å². The number of ketones is 1. The fraction of sp³-hybridized carbons (Fsp3) is 0.412. The molecule has 0 amide bonds. The van der Waals surface area contributed by atoms with E-state index in [1.807, 2.05) is 0 Å². The van der Waals surface area contributed by atoms with Gasteiger partial charge in [-0.3, -0.25) is 15.2 Å². The van der Waals surface area contributed by atoms with E-state index in [1.165, 1.54) is 11.1 Å². The van der Waals surface area contributed by atoms with Gasteiger partial charge in [0.05, 0.1) is 5.70 Å². The summed E-state index contributed by atoms with van der Waals surface area (Å²) >= 11 is 0. The van der Waals surface area contributed by atoms with Gasteiger partial charge in [0.2, 0.25) is 5.96 Å². The average molecular weight is 333 g/mol. The van der Waals surface area contributed by atoms with Gasteiger partial charge in [-0.1, -0.05) is 24.3 Å². The summed E-state index contributed by atoms with van der Waals surface area (Å²) in [5, 5.41) is 1.32. The molecule has 7 heteroatoms. The van der Waals surface area contributed by atoms with Gasteiger partial charge in [-0.15, -0.1) is 6.58 Å². The molecule has 0 saturated carbocycles. The highest BCUT2D eigenvalue weighted by molar-refractivity contribution is 6.00. The first-order valence-electron chi connectivity index (χ1n) is 7.96. The zero-order valence-corrected chi connectivity index (χ0v) is 13.8. The summed E-state index contributed by atoms with van der Waals surface area (Å²) in [6.45, 7) is 5.42. The fourth-order valence-electron chi connectivity index (χ4n) is 2.88. The van der Waals surface area contributed by atoms with Gasteiger partial charge < -0.3 is 0 Å². The van der Waals surface area contributed by atoms with Gasteiger partial charge in [0.15, 0.2) is 5.78 Å². The first kappa shape index (κ1) is 18.1. The Bertz CT molecular complexity index is 635. The van der Waals surface area contributed by atoms with Crippen LogP contribution in [0, 0.1) is 0 Å². The third kappa shape index (κ3) is 3.80. The maximum atomic E-state index is 13.4. The number of unbranched alkanes of at least 4 members (excludes halogenated alkanes) is 1. The van der Waals surface area contributed by atoms with Crippen LogP contribution in [-0.2, 0) is 4.79 Å². The second-order valence-electron chi connectivity index (χ2n) is 5.81. The Balaban J connectivity index is 2.36. The zero-order valence-electron chi connectivity index (χ0n) is 13.8.